The molecule has 1 aromatic heterocycles. The number of aliphatic hydroxyl groups is 2. The highest BCUT2D eigenvalue weighted by Crippen LogP contribution is 2.45. The lowest BCUT2D eigenvalue weighted by Gasteiger charge is -2.34. The summed E-state index contributed by atoms with van der Waals surface area (Å²) in [6.07, 6.45) is 5.44. The molecule has 194 valence electrons. The summed E-state index contributed by atoms with van der Waals surface area (Å²) in [4.78, 5) is 30.2. The molecule has 7 atom stereocenters. The molecule has 35 heavy (non-hydrogen) atoms. The Morgan fingerprint density at radius 1 is 1.14 bits per heavy atom. The number of rotatable bonds is 2. The van der Waals surface area contributed by atoms with Crippen molar-refractivity contribution < 1.29 is 29.3 Å². The summed E-state index contributed by atoms with van der Waals surface area (Å²) in [5.74, 6) is -1.55. The predicted octanol–water partition coefficient (Wildman–Crippen LogP) is 4.11. The van der Waals surface area contributed by atoms with Gasteiger partial charge < -0.3 is 19.7 Å². The Kier molecular flexibility index (Phi) is 8.56. The Labute approximate surface area is 208 Å². The van der Waals surface area contributed by atoms with Gasteiger partial charge >= 0.3 is 5.97 Å². The molecular weight excluding hydrogens is 446 g/mol. The molecule has 0 aliphatic carbocycles. The van der Waals surface area contributed by atoms with E-state index in [4.69, 9.17) is 9.47 Å². The number of epoxide rings is 1. The van der Waals surface area contributed by atoms with Crippen LogP contribution in [0.25, 0.3) is 6.08 Å². The van der Waals surface area contributed by atoms with E-state index in [0.717, 1.165) is 30.4 Å². The van der Waals surface area contributed by atoms with E-state index < -0.39 is 35.6 Å². The molecule has 0 aromatic carbocycles. The van der Waals surface area contributed by atoms with Crippen LogP contribution in [0.3, 0.4) is 0 Å². The van der Waals surface area contributed by atoms with Crippen molar-refractivity contribution in [3.05, 3.63) is 35.7 Å². The van der Waals surface area contributed by atoms with Gasteiger partial charge in [-0.2, -0.15) is 0 Å². The number of nitrogens with zero attached hydrogens (tertiary/aromatic N) is 1. The summed E-state index contributed by atoms with van der Waals surface area (Å²) in [7, 11) is 0. The lowest BCUT2D eigenvalue weighted by Crippen LogP contribution is -2.45. The highest BCUT2D eigenvalue weighted by molar-refractivity contribution is 5.88. The maximum Gasteiger partial charge on any atom is 0.309 e. The van der Waals surface area contributed by atoms with E-state index in [1.165, 1.54) is 0 Å². The number of pyridine rings is 1. The number of aromatic nitrogens is 1. The quantitative estimate of drug-likeness (QED) is 0.477. The Morgan fingerprint density at radius 3 is 2.46 bits per heavy atom. The molecular formula is C28H41NO6. The lowest BCUT2D eigenvalue weighted by molar-refractivity contribution is -0.154. The van der Waals surface area contributed by atoms with Crippen LogP contribution < -0.4 is 0 Å². The number of hydrogen-bond donors (Lipinski definition) is 2. The molecule has 2 aliphatic rings. The number of carbonyl (C=O) groups excluding carboxylic acids is 2. The average Bonchev–Trinajstić information content (AvgIpc) is 3.45. The highest BCUT2D eigenvalue weighted by atomic mass is 16.6. The average molecular weight is 488 g/mol. The van der Waals surface area contributed by atoms with Crippen molar-refractivity contribution in [3.63, 3.8) is 0 Å². The molecule has 2 saturated heterocycles. The van der Waals surface area contributed by atoms with Crippen LogP contribution >= 0.6 is 0 Å². The van der Waals surface area contributed by atoms with Crippen LogP contribution in [-0.4, -0.2) is 57.0 Å². The first-order valence-electron chi connectivity index (χ1n) is 12.7. The first kappa shape index (κ1) is 27.5. The number of ether oxygens (including phenoxy) is 2. The standard InChI is InChI=1S/C28H41NO6/c1-17-8-7-11-28(6)23(35-28)15-21(18(2)14-20-9-12-29-13-10-20)34-24(31)16-22(30)27(4,5)26(33)19(3)25(17)32/h9-10,12-14,17,19,21-23,25,30,32H,7-8,11,15-16H2,1-6H3/b18-14+/t17?,19-,21+,22+,23+,25?,28-/m1/s1. The van der Waals surface area contributed by atoms with Crippen molar-refractivity contribution in [2.24, 2.45) is 17.3 Å². The van der Waals surface area contributed by atoms with Gasteiger partial charge in [0.15, 0.2) is 0 Å². The van der Waals surface area contributed by atoms with Gasteiger partial charge in [-0.15, -0.1) is 0 Å². The van der Waals surface area contributed by atoms with E-state index in [9.17, 15) is 19.8 Å². The molecule has 0 saturated carbocycles. The van der Waals surface area contributed by atoms with Crippen molar-refractivity contribution in [3.8, 4) is 0 Å². The number of hydrogen-bond acceptors (Lipinski definition) is 7. The van der Waals surface area contributed by atoms with Crippen LogP contribution in [0.1, 0.15) is 79.2 Å². The monoisotopic (exact) mass is 487 g/mol. The molecule has 0 bridgehead atoms. The summed E-state index contributed by atoms with van der Waals surface area (Å²) >= 11 is 0. The Morgan fingerprint density at radius 2 is 1.80 bits per heavy atom. The minimum absolute atomic E-state index is 0.0453. The van der Waals surface area contributed by atoms with Crippen molar-refractivity contribution in [1.82, 2.24) is 4.98 Å². The molecule has 0 radical (unpaired) electrons. The molecule has 0 amide bonds. The van der Waals surface area contributed by atoms with E-state index in [2.05, 4.69) is 11.9 Å². The minimum atomic E-state index is -1.23. The van der Waals surface area contributed by atoms with Crippen LogP contribution in [-0.2, 0) is 19.1 Å². The second kappa shape index (κ2) is 10.9. The van der Waals surface area contributed by atoms with E-state index in [1.807, 2.05) is 32.1 Å². The lowest BCUT2D eigenvalue weighted by atomic mass is 9.73. The number of esters is 1. The summed E-state index contributed by atoms with van der Waals surface area (Å²) in [6.45, 7) is 10.9. The number of aliphatic hydroxyl groups excluding tert-OH is 2. The fourth-order valence-corrected chi connectivity index (χ4v) is 5.11. The third-order valence-corrected chi connectivity index (χ3v) is 8.02. The van der Waals surface area contributed by atoms with Gasteiger partial charge in [-0.25, -0.2) is 0 Å². The van der Waals surface area contributed by atoms with Crippen LogP contribution in [0.2, 0.25) is 0 Å². The summed E-state index contributed by atoms with van der Waals surface area (Å²) in [5.41, 5.74) is 0.324. The SMILES string of the molecule is C/C(=C\c1ccncc1)[C@@H]1C[C@@H]2O[C@]2(C)CCCC(C)C(O)[C@@H](C)C(=O)C(C)(C)[C@@H](O)CC(=O)O1. The number of ketones is 1. The third kappa shape index (κ3) is 6.57. The molecule has 2 N–H and O–H groups in total. The van der Waals surface area contributed by atoms with Crippen molar-refractivity contribution in [2.75, 3.05) is 0 Å². The Balaban J connectivity index is 1.86. The smallest absolute Gasteiger partial charge is 0.309 e. The van der Waals surface area contributed by atoms with Crippen LogP contribution in [0.15, 0.2) is 30.1 Å². The Bertz CT molecular complexity index is 929. The zero-order chi connectivity index (χ0) is 26.0. The van der Waals surface area contributed by atoms with Crippen molar-refractivity contribution in [2.45, 2.75) is 104 Å². The molecule has 7 nitrogen and oxygen atoms in total. The van der Waals surface area contributed by atoms with Gasteiger partial charge in [-0.3, -0.25) is 14.6 Å². The first-order chi connectivity index (χ1) is 16.3. The van der Waals surface area contributed by atoms with Gasteiger partial charge in [-0.1, -0.05) is 40.2 Å². The number of Topliss-reactive ketones (excluding diaryl/α,β-unsaturated/α-hetero) is 1. The van der Waals surface area contributed by atoms with Crippen LogP contribution in [0, 0.1) is 17.3 Å². The van der Waals surface area contributed by atoms with E-state index in [1.54, 1.807) is 33.2 Å². The fourth-order valence-electron chi connectivity index (χ4n) is 5.11. The van der Waals surface area contributed by atoms with Gasteiger partial charge in [0.05, 0.1) is 35.7 Å². The highest BCUT2D eigenvalue weighted by Gasteiger charge is 2.53. The Hall–Kier alpha value is -2.09. The zero-order valence-electron chi connectivity index (χ0n) is 21.9. The van der Waals surface area contributed by atoms with Gasteiger partial charge in [0.25, 0.3) is 0 Å². The van der Waals surface area contributed by atoms with Crippen LogP contribution in [0.4, 0.5) is 0 Å². The second-order valence-electron chi connectivity index (χ2n) is 11.3. The van der Waals surface area contributed by atoms with Crippen molar-refractivity contribution >= 4 is 17.8 Å². The number of carbonyl (C=O) groups is 2. The topological polar surface area (TPSA) is 109 Å². The van der Waals surface area contributed by atoms with Gasteiger partial charge in [0.2, 0.25) is 0 Å². The number of fused-ring (bicyclic) bond motifs is 1. The molecule has 2 unspecified atom stereocenters. The molecule has 2 aliphatic heterocycles. The van der Waals surface area contributed by atoms with Crippen LogP contribution in [0.5, 0.6) is 0 Å². The molecule has 3 heterocycles. The summed E-state index contributed by atoms with van der Waals surface area (Å²) in [5, 5.41) is 21.7. The van der Waals surface area contributed by atoms with Gasteiger partial charge in [0.1, 0.15) is 11.9 Å². The molecule has 7 heteroatoms. The minimum Gasteiger partial charge on any atom is -0.458 e. The predicted molar refractivity (Wildman–Crippen MR) is 133 cm³/mol. The first-order valence-corrected chi connectivity index (χ1v) is 12.7. The van der Waals surface area contributed by atoms with E-state index >= 15 is 0 Å². The number of cyclic esters (lactones) is 1. The third-order valence-electron chi connectivity index (χ3n) is 8.02. The zero-order valence-corrected chi connectivity index (χ0v) is 21.9. The molecule has 2 fully saturated rings. The summed E-state index contributed by atoms with van der Waals surface area (Å²) in [6, 6.07) is 3.76. The maximum atomic E-state index is 13.2. The molecule has 0 spiro atoms. The normalized spacial score (nSPS) is 37.3. The van der Waals surface area contributed by atoms with Gasteiger partial charge in [-0.05, 0) is 55.9 Å². The molecule has 1 aromatic rings. The molecule has 3 rings (SSSR count). The second-order valence-corrected chi connectivity index (χ2v) is 11.3. The largest absolute Gasteiger partial charge is 0.458 e. The summed E-state index contributed by atoms with van der Waals surface area (Å²) < 4.78 is 11.9. The van der Waals surface area contributed by atoms with Gasteiger partial charge in [0, 0.05) is 24.7 Å². The maximum absolute atomic E-state index is 13.2. The fraction of sp³-hybridized carbons (Fsp3) is 0.679. The van der Waals surface area contributed by atoms with Crippen molar-refractivity contribution in [1.29, 1.82) is 0 Å². The van der Waals surface area contributed by atoms with E-state index in [0.29, 0.717) is 6.42 Å². The van der Waals surface area contributed by atoms with E-state index in [-0.39, 0.29) is 29.8 Å².